The third-order valence-corrected chi connectivity index (χ3v) is 5.24. The number of hydrogen-bond acceptors (Lipinski definition) is 3. The molecule has 0 aromatic heterocycles. The fourth-order valence-electron chi connectivity index (χ4n) is 1.79. The molecule has 0 bridgehead atoms. The average Bonchev–Trinajstić information content (AvgIpc) is 2.43. The van der Waals surface area contributed by atoms with Crippen molar-refractivity contribution in [1.82, 2.24) is 5.43 Å². The number of benzene rings is 2. The number of hydrazine groups is 1. The second-order valence-electron chi connectivity index (χ2n) is 4.10. The zero-order chi connectivity index (χ0) is 14.5. The molecule has 0 saturated heterocycles. The fraction of sp³-hybridized carbons (Fsp3) is 0.143. The zero-order valence-electron chi connectivity index (χ0n) is 10.4. The molecule has 0 aliphatic carbocycles. The van der Waals surface area contributed by atoms with Crippen LogP contribution in [0, 0.1) is 5.82 Å². The predicted molar refractivity (Wildman–Crippen MR) is 86.3 cm³/mol. The highest BCUT2D eigenvalue weighted by Crippen LogP contribution is 2.33. The highest BCUT2D eigenvalue weighted by Gasteiger charge is 2.18. The molecule has 2 aromatic carbocycles. The van der Waals surface area contributed by atoms with Crippen molar-refractivity contribution in [1.29, 1.82) is 0 Å². The normalized spacial score (nSPS) is 12.4. The Morgan fingerprint density at radius 1 is 1.25 bits per heavy atom. The van der Waals surface area contributed by atoms with Crippen LogP contribution in [0.15, 0.2) is 51.8 Å². The Hall–Kier alpha value is -0.590. The number of hydrogen-bond donors (Lipinski definition) is 2. The second-order valence-corrected chi connectivity index (χ2v) is 6.42. The van der Waals surface area contributed by atoms with Crippen LogP contribution in [0.3, 0.4) is 0 Å². The molecule has 0 saturated carbocycles. The van der Waals surface area contributed by atoms with Crippen LogP contribution in [-0.2, 0) is 0 Å². The number of nitrogens with one attached hydrogen (secondary N) is 1. The van der Waals surface area contributed by atoms with Crippen molar-refractivity contribution in [2.24, 2.45) is 5.84 Å². The number of nitrogens with two attached hydrogens (primary N) is 1. The molecule has 1 atom stereocenters. The lowest BCUT2D eigenvalue weighted by molar-refractivity contribution is 0.547. The van der Waals surface area contributed by atoms with Gasteiger partial charge in [-0.1, -0.05) is 29.8 Å². The van der Waals surface area contributed by atoms with E-state index in [1.165, 1.54) is 6.07 Å². The SMILES string of the molecule is NNC(CSc1ccccc1Br)c1c(F)cccc1Cl. The van der Waals surface area contributed by atoms with E-state index in [4.69, 9.17) is 17.4 Å². The van der Waals surface area contributed by atoms with E-state index in [1.54, 1.807) is 23.9 Å². The molecule has 0 spiro atoms. The first-order chi connectivity index (χ1) is 9.63. The van der Waals surface area contributed by atoms with Crippen LogP contribution in [0.25, 0.3) is 0 Å². The summed E-state index contributed by atoms with van der Waals surface area (Å²) in [6.07, 6.45) is 0. The minimum atomic E-state index is -0.360. The van der Waals surface area contributed by atoms with Gasteiger partial charge in [-0.3, -0.25) is 11.3 Å². The Kier molecular flexibility index (Phi) is 5.86. The molecule has 6 heteroatoms. The summed E-state index contributed by atoms with van der Waals surface area (Å²) in [5.74, 6) is 5.76. The number of halogens is 3. The van der Waals surface area contributed by atoms with Gasteiger partial charge in [-0.25, -0.2) is 4.39 Å². The smallest absolute Gasteiger partial charge is 0.129 e. The van der Waals surface area contributed by atoms with Gasteiger partial charge in [0.05, 0.1) is 6.04 Å². The van der Waals surface area contributed by atoms with Gasteiger partial charge in [0.25, 0.3) is 0 Å². The summed E-state index contributed by atoms with van der Waals surface area (Å²) in [5, 5.41) is 0.376. The van der Waals surface area contributed by atoms with E-state index in [0.29, 0.717) is 16.3 Å². The minimum Gasteiger partial charge on any atom is -0.271 e. The van der Waals surface area contributed by atoms with Crippen LogP contribution in [0.4, 0.5) is 4.39 Å². The van der Waals surface area contributed by atoms with Gasteiger partial charge in [0, 0.05) is 25.7 Å². The average molecular weight is 376 g/mol. The Morgan fingerprint density at radius 2 is 2.00 bits per heavy atom. The molecule has 2 aromatic rings. The van der Waals surface area contributed by atoms with Crippen molar-refractivity contribution in [3.63, 3.8) is 0 Å². The Bertz CT molecular complexity index is 577. The van der Waals surface area contributed by atoms with Gasteiger partial charge in [0.2, 0.25) is 0 Å². The molecule has 1 unspecified atom stereocenters. The van der Waals surface area contributed by atoms with Crippen molar-refractivity contribution >= 4 is 39.3 Å². The van der Waals surface area contributed by atoms with E-state index in [0.717, 1.165) is 9.37 Å². The Balaban J connectivity index is 2.16. The Labute approximate surface area is 135 Å². The van der Waals surface area contributed by atoms with Gasteiger partial charge in [-0.05, 0) is 40.2 Å². The van der Waals surface area contributed by atoms with E-state index < -0.39 is 0 Å². The van der Waals surface area contributed by atoms with Crippen LogP contribution in [0.2, 0.25) is 5.02 Å². The van der Waals surface area contributed by atoms with Gasteiger partial charge >= 0.3 is 0 Å². The van der Waals surface area contributed by atoms with Crippen molar-refractivity contribution in [3.8, 4) is 0 Å². The lowest BCUT2D eigenvalue weighted by Crippen LogP contribution is -2.30. The maximum atomic E-state index is 13.9. The van der Waals surface area contributed by atoms with E-state index >= 15 is 0 Å². The van der Waals surface area contributed by atoms with Crippen LogP contribution in [0.5, 0.6) is 0 Å². The van der Waals surface area contributed by atoms with E-state index in [1.807, 2.05) is 24.3 Å². The summed E-state index contributed by atoms with van der Waals surface area (Å²) in [6, 6.07) is 12.1. The molecule has 0 fully saturated rings. The topological polar surface area (TPSA) is 38.0 Å². The van der Waals surface area contributed by atoms with Crippen molar-refractivity contribution < 1.29 is 4.39 Å². The number of rotatable bonds is 5. The summed E-state index contributed by atoms with van der Waals surface area (Å²) in [6.45, 7) is 0. The first-order valence-corrected chi connectivity index (χ1v) is 8.06. The van der Waals surface area contributed by atoms with Gasteiger partial charge in [0.1, 0.15) is 5.82 Å². The molecule has 0 heterocycles. The quantitative estimate of drug-likeness (QED) is 0.458. The minimum absolute atomic E-state index is 0.354. The van der Waals surface area contributed by atoms with Gasteiger partial charge in [-0.2, -0.15) is 0 Å². The van der Waals surface area contributed by atoms with E-state index in [9.17, 15) is 4.39 Å². The molecule has 106 valence electrons. The molecule has 2 nitrogen and oxygen atoms in total. The molecule has 0 aliphatic heterocycles. The van der Waals surface area contributed by atoms with Crippen LogP contribution >= 0.6 is 39.3 Å². The zero-order valence-corrected chi connectivity index (χ0v) is 13.6. The lowest BCUT2D eigenvalue weighted by atomic mass is 10.1. The highest BCUT2D eigenvalue weighted by molar-refractivity contribution is 9.10. The first-order valence-electron chi connectivity index (χ1n) is 5.91. The third kappa shape index (κ3) is 3.74. The monoisotopic (exact) mass is 374 g/mol. The molecule has 2 rings (SSSR count). The summed E-state index contributed by atoms with van der Waals surface area (Å²) < 4.78 is 14.9. The molecular formula is C14H13BrClFN2S. The third-order valence-electron chi connectivity index (χ3n) is 2.79. The van der Waals surface area contributed by atoms with E-state index in [-0.39, 0.29) is 11.9 Å². The summed E-state index contributed by atoms with van der Waals surface area (Å²) >= 11 is 11.1. The van der Waals surface area contributed by atoms with Crippen LogP contribution in [0.1, 0.15) is 11.6 Å². The summed E-state index contributed by atoms with van der Waals surface area (Å²) in [7, 11) is 0. The Morgan fingerprint density at radius 3 is 2.65 bits per heavy atom. The highest BCUT2D eigenvalue weighted by atomic mass is 79.9. The van der Waals surface area contributed by atoms with E-state index in [2.05, 4.69) is 21.4 Å². The largest absolute Gasteiger partial charge is 0.271 e. The van der Waals surface area contributed by atoms with Crippen molar-refractivity contribution in [3.05, 3.63) is 63.3 Å². The summed E-state index contributed by atoms with van der Waals surface area (Å²) in [5.41, 5.74) is 3.03. The standard InChI is InChI=1S/C14H13BrClFN2S/c15-9-4-1-2-7-13(9)20-8-12(19-18)14-10(16)5-3-6-11(14)17/h1-7,12,19H,8,18H2. The maximum absolute atomic E-state index is 13.9. The molecule has 0 radical (unpaired) electrons. The van der Waals surface area contributed by atoms with Gasteiger partial charge in [-0.15, -0.1) is 11.8 Å². The molecular weight excluding hydrogens is 363 g/mol. The molecule has 0 amide bonds. The van der Waals surface area contributed by atoms with Crippen molar-refractivity contribution in [2.45, 2.75) is 10.9 Å². The number of thioether (sulfide) groups is 1. The van der Waals surface area contributed by atoms with Crippen molar-refractivity contribution in [2.75, 3.05) is 5.75 Å². The second kappa shape index (κ2) is 7.43. The molecule has 20 heavy (non-hydrogen) atoms. The van der Waals surface area contributed by atoms with Crippen LogP contribution < -0.4 is 11.3 Å². The summed E-state index contributed by atoms with van der Waals surface area (Å²) in [4.78, 5) is 1.07. The fourth-order valence-corrected chi connectivity index (χ4v) is 3.71. The molecule has 0 aliphatic rings. The lowest BCUT2D eigenvalue weighted by Gasteiger charge is -2.18. The first kappa shape index (κ1) is 15.8. The maximum Gasteiger partial charge on any atom is 0.129 e. The predicted octanol–water partition coefficient (Wildman–Crippen LogP) is 4.54. The molecule has 3 N–H and O–H groups in total. The van der Waals surface area contributed by atoms with Gasteiger partial charge in [0.15, 0.2) is 0 Å². The van der Waals surface area contributed by atoms with Gasteiger partial charge < -0.3 is 0 Å². The van der Waals surface area contributed by atoms with Crippen LogP contribution in [-0.4, -0.2) is 5.75 Å².